The number of carbonyl (C=O) groups is 2. The minimum atomic E-state index is -0.899. The predicted octanol–water partition coefficient (Wildman–Crippen LogP) is 1.86. The molecule has 0 aliphatic carbocycles. The van der Waals surface area contributed by atoms with E-state index in [1.54, 1.807) is 42.5 Å². The number of para-hydroxylation sites is 2. The second-order valence-electron chi connectivity index (χ2n) is 5.24. The van der Waals surface area contributed by atoms with Crippen LogP contribution in [0.4, 0.5) is 0 Å². The molecule has 3 rings (SSSR count). The molecule has 1 aliphatic heterocycles. The molecule has 0 aromatic heterocycles. The molecule has 1 N–H and O–H groups in total. The van der Waals surface area contributed by atoms with Crippen LogP contribution < -0.4 is 14.8 Å². The van der Waals surface area contributed by atoms with Crippen molar-refractivity contribution in [2.75, 3.05) is 13.7 Å². The van der Waals surface area contributed by atoms with Crippen LogP contribution in [0.2, 0.25) is 0 Å². The van der Waals surface area contributed by atoms with Gasteiger partial charge in [-0.25, -0.2) is 4.79 Å². The Morgan fingerprint density at radius 3 is 2.46 bits per heavy atom. The highest BCUT2D eigenvalue weighted by atomic mass is 16.6. The number of hydrogen-bond donors (Lipinski definition) is 1. The lowest BCUT2D eigenvalue weighted by Crippen LogP contribution is -2.46. The molecule has 6 heteroatoms. The zero-order valence-electron chi connectivity index (χ0n) is 13.1. The van der Waals surface area contributed by atoms with Crippen molar-refractivity contribution in [3.63, 3.8) is 0 Å². The third-order valence-electron chi connectivity index (χ3n) is 3.66. The summed E-state index contributed by atoms with van der Waals surface area (Å²) < 4.78 is 16.0. The number of rotatable bonds is 4. The monoisotopic (exact) mass is 327 g/mol. The lowest BCUT2D eigenvalue weighted by atomic mass is 10.1. The van der Waals surface area contributed by atoms with E-state index in [4.69, 9.17) is 14.2 Å². The third kappa shape index (κ3) is 3.32. The summed E-state index contributed by atoms with van der Waals surface area (Å²) in [6.45, 7) is 0.0749. The number of amides is 1. The quantitative estimate of drug-likeness (QED) is 0.868. The highest BCUT2D eigenvalue weighted by Crippen LogP contribution is 2.31. The molecule has 0 radical (unpaired) electrons. The molecular weight excluding hydrogens is 310 g/mol. The normalized spacial score (nSPS) is 16.8. The van der Waals surface area contributed by atoms with Crippen LogP contribution >= 0.6 is 0 Å². The Hall–Kier alpha value is -3.02. The highest BCUT2D eigenvalue weighted by Gasteiger charge is 2.31. The fourth-order valence-electron chi connectivity index (χ4n) is 2.43. The first-order chi connectivity index (χ1) is 11.7. The molecular formula is C18H17NO5. The van der Waals surface area contributed by atoms with E-state index in [1.807, 2.05) is 12.1 Å². The highest BCUT2D eigenvalue weighted by molar-refractivity contribution is 5.88. The van der Waals surface area contributed by atoms with Crippen molar-refractivity contribution in [2.45, 2.75) is 12.1 Å². The number of nitrogens with one attached hydrogen (secondary N) is 1. The number of ether oxygens (including phenoxy) is 3. The first kappa shape index (κ1) is 15.9. The smallest absolute Gasteiger partial charge is 0.333 e. The summed E-state index contributed by atoms with van der Waals surface area (Å²) in [6.07, 6.45) is -0.837. The molecule has 0 bridgehead atoms. The fraction of sp³-hybridized carbons (Fsp3) is 0.222. The van der Waals surface area contributed by atoms with Crippen LogP contribution in [0.15, 0.2) is 54.6 Å². The first-order valence-corrected chi connectivity index (χ1v) is 7.50. The summed E-state index contributed by atoms with van der Waals surface area (Å²) >= 11 is 0. The van der Waals surface area contributed by atoms with Crippen molar-refractivity contribution in [3.05, 3.63) is 60.2 Å². The molecule has 2 aromatic rings. The standard InChI is InChI=1S/C18H17NO5/c1-22-18(21)16(12-7-3-2-4-8-12)19-17(20)15-11-23-13-9-5-6-10-14(13)24-15/h2-10,15-16H,11H2,1H3,(H,19,20)/t15-,16-/m0/s1. The van der Waals surface area contributed by atoms with Gasteiger partial charge in [0.05, 0.1) is 7.11 Å². The molecule has 24 heavy (non-hydrogen) atoms. The largest absolute Gasteiger partial charge is 0.485 e. The van der Waals surface area contributed by atoms with Crippen LogP contribution in [0.1, 0.15) is 11.6 Å². The maximum Gasteiger partial charge on any atom is 0.333 e. The summed E-state index contributed by atoms with van der Waals surface area (Å²) in [5, 5.41) is 2.67. The molecule has 0 unspecified atom stereocenters. The summed E-state index contributed by atoms with van der Waals surface area (Å²) in [5.41, 5.74) is 0.634. The number of hydrogen-bond acceptors (Lipinski definition) is 5. The van der Waals surface area contributed by atoms with Gasteiger partial charge in [0, 0.05) is 0 Å². The Morgan fingerprint density at radius 1 is 1.08 bits per heavy atom. The van der Waals surface area contributed by atoms with Gasteiger partial charge in [-0.05, 0) is 17.7 Å². The minimum absolute atomic E-state index is 0.0749. The summed E-state index contributed by atoms with van der Waals surface area (Å²) in [7, 11) is 1.28. The van der Waals surface area contributed by atoms with Gasteiger partial charge in [-0.2, -0.15) is 0 Å². The zero-order valence-corrected chi connectivity index (χ0v) is 13.1. The Balaban J connectivity index is 1.74. The molecule has 1 heterocycles. The number of esters is 1. The maximum atomic E-state index is 12.5. The molecule has 1 aliphatic rings. The summed E-state index contributed by atoms with van der Waals surface area (Å²) in [5.74, 6) is 0.0998. The molecule has 0 saturated carbocycles. The number of carbonyl (C=O) groups excluding carboxylic acids is 2. The van der Waals surface area contributed by atoms with E-state index >= 15 is 0 Å². The van der Waals surface area contributed by atoms with E-state index in [0.29, 0.717) is 17.1 Å². The van der Waals surface area contributed by atoms with Gasteiger partial charge in [-0.1, -0.05) is 42.5 Å². The molecule has 2 atom stereocenters. The van der Waals surface area contributed by atoms with Gasteiger partial charge >= 0.3 is 5.97 Å². The van der Waals surface area contributed by atoms with Crippen LogP contribution in [-0.2, 0) is 14.3 Å². The Bertz CT molecular complexity index is 731. The molecule has 0 saturated heterocycles. The SMILES string of the molecule is COC(=O)[C@@H](NC(=O)[C@@H]1COc2ccccc2O1)c1ccccc1. The van der Waals surface area contributed by atoms with Crippen LogP contribution in [0, 0.1) is 0 Å². The molecule has 1 amide bonds. The van der Waals surface area contributed by atoms with Crippen molar-refractivity contribution < 1.29 is 23.8 Å². The Labute approximate surface area is 139 Å². The first-order valence-electron chi connectivity index (χ1n) is 7.50. The third-order valence-corrected chi connectivity index (χ3v) is 3.66. The lowest BCUT2D eigenvalue weighted by molar-refractivity contribution is -0.146. The molecule has 6 nitrogen and oxygen atoms in total. The van der Waals surface area contributed by atoms with E-state index in [-0.39, 0.29) is 6.61 Å². The van der Waals surface area contributed by atoms with E-state index in [2.05, 4.69) is 5.32 Å². The van der Waals surface area contributed by atoms with E-state index in [9.17, 15) is 9.59 Å². The molecule has 2 aromatic carbocycles. The maximum absolute atomic E-state index is 12.5. The second kappa shape index (κ2) is 7.04. The Morgan fingerprint density at radius 2 is 1.75 bits per heavy atom. The van der Waals surface area contributed by atoms with Crippen molar-refractivity contribution in [1.82, 2.24) is 5.32 Å². The topological polar surface area (TPSA) is 73.9 Å². The summed E-state index contributed by atoms with van der Waals surface area (Å²) in [4.78, 5) is 24.5. The average molecular weight is 327 g/mol. The zero-order chi connectivity index (χ0) is 16.9. The van der Waals surface area contributed by atoms with Gasteiger partial charge in [0.1, 0.15) is 6.61 Å². The molecule has 0 spiro atoms. The van der Waals surface area contributed by atoms with E-state index < -0.39 is 24.0 Å². The van der Waals surface area contributed by atoms with Gasteiger partial charge in [0.2, 0.25) is 6.10 Å². The number of benzene rings is 2. The van der Waals surface area contributed by atoms with E-state index in [0.717, 1.165) is 0 Å². The average Bonchev–Trinajstić information content (AvgIpc) is 2.65. The fourth-order valence-corrected chi connectivity index (χ4v) is 2.43. The van der Waals surface area contributed by atoms with Crippen molar-refractivity contribution >= 4 is 11.9 Å². The van der Waals surface area contributed by atoms with E-state index in [1.165, 1.54) is 7.11 Å². The van der Waals surface area contributed by atoms with Crippen LogP contribution in [-0.4, -0.2) is 31.7 Å². The van der Waals surface area contributed by atoms with Crippen molar-refractivity contribution in [3.8, 4) is 11.5 Å². The summed E-state index contributed by atoms with van der Waals surface area (Å²) in [6, 6.07) is 15.1. The van der Waals surface area contributed by atoms with Gasteiger partial charge in [0.15, 0.2) is 17.5 Å². The van der Waals surface area contributed by atoms with Gasteiger partial charge in [0.25, 0.3) is 5.91 Å². The lowest BCUT2D eigenvalue weighted by Gasteiger charge is -2.27. The molecule has 124 valence electrons. The number of methoxy groups -OCH3 is 1. The molecule has 0 fully saturated rings. The van der Waals surface area contributed by atoms with Gasteiger partial charge in [-0.15, -0.1) is 0 Å². The van der Waals surface area contributed by atoms with Crippen molar-refractivity contribution in [1.29, 1.82) is 0 Å². The predicted molar refractivity (Wildman–Crippen MR) is 85.7 cm³/mol. The van der Waals surface area contributed by atoms with Crippen molar-refractivity contribution in [2.24, 2.45) is 0 Å². The number of fused-ring (bicyclic) bond motifs is 1. The van der Waals surface area contributed by atoms with Gasteiger partial charge < -0.3 is 19.5 Å². The van der Waals surface area contributed by atoms with Crippen LogP contribution in [0.3, 0.4) is 0 Å². The van der Waals surface area contributed by atoms with Gasteiger partial charge in [-0.3, -0.25) is 4.79 Å². The van der Waals surface area contributed by atoms with Crippen LogP contribution in [0.25, 0.3) is 0 Å². The van der Waals surface area contributed by atoms with Crippen LogP contribution in [0.5, 0.6) is 11.5 Å². The second-order valence-corrected chi connectivity index (χ2v) is 5.24. The Kier molecular flexibility index (Phi) is 4.65. The minimum Gasteiger partial charge on any atom is -0.485 e.